The van der Waals surface area contributed by atoms with E-state index in [4.69, 9.17) is 13.1 Å². The molecule has 1 nitrogen and oxygen atoms in total. The molecule has 0 amide bonds. The predicted octanol–water partition coefficient (Wildman–Crippen LogP) is 1.79. The first-order chi connectivity index (χ1) is 5.24. The van der Waals surface area contributed by atoms with Crippen LogP contribution in [0.3, 0.4) is 0 Å². The van der Waals surface area contributed by atoms with Crippen LogP contribution in [-0.2, 0) is 0 Å². The van der Waals surface area contributed by atoms with Gasteiger partial charge in [-0.2, -0.15) is 5.26 Å². The molecule has 0 aliphatic heterocycles. The molecule has 1 aromatic rings. The minimum Gasteiger partial charge on any atom is -0.192 e. The summed E-state index contributed by atoms with van der Waals surface area (Å²) in [6.45, 7) is 1.90. The molecule has 1 rings (SSSR count). The van der Waals surface area contributed by atoms with E-state index in [1.165, 1.54) is 0 Å². The number of nitrogens with zero attached hydrogens (tertiary/aromatic N) is 1. The molecule has 0 N–H and O–H groups in total. The van der Waals surface area contributed by atoms with E-state index >= 15 is 0 Å². The molecule has 1 unspecified atom stereocenters. The summed E-state index contributed by atoms with van der Waals surface area (Å²) in [5.41, 5.74) is 1.67. The van der Waals surface area contributed by atoms with Crippen molar-refractivity contribution in [1.82, 2.24) is 0 Å². The van der Waals surface area contributed by atoms with Crippen LogP contribution in [0, 0.1) is 11.3 Å². The van der Waals surface area contributed by atoms with Crippen molar-refractivity contribution in [3.05, 3.63) is 35.4 Å². The van der Waals surface area contributed by atoms with Crippen LogP contribution in [0.25, 0.3) is 0 Å². The summed E-state index contributed by atoms with van der Waals surface area (Å²) >= 11 is 0. The van der Waals surface area contributed by atoms with Gasteiger partial charge in [-0.05, 0) is 12.1 Å². The van der Waals surface area contributed by atoms with Crippen molar-refractivity contribution < 1.29 is 0 Å². The van der Waals surface area contributed by atoms with E-state index in [1.54, 1.807) is 6.07 Å². The first kappa shape index (κ1) is 7.88. The van der Waals surface area contributed by atoms with Crippen LogP contribution in [0.2, 0.25) is 0 Å². The fourth-order valence-corrected chi connectivity index (χ4v) is 0.891. The quantitative estimate of drug-likeness (QED) is 0.547. The topological polar surface area (TPSA) is 23.8 Å². The molecular weight excluding hydrogens is 133 g/mol. The summed E-state index contributed by atoms with van der Waals surface area (Å²) in [6, 6.07) is 9.41. The lowest BCUT2D eigenvalue weighted by Gasteiger charge is -2.03. The Morgan fingerprint density at radius 2 is 2.27 bits per heavy atom. The Morgan fingerprint density at radius 3 is 2.82 bits per heavy atom. The predicted molar refractivity (Wildman–Crippen MR) is 45.3 cm³/mol. The summed E-state index contributed by atoms with van der Waals surface area (Å²) in [7, 11) is 5.63. The van der Waals surface area contributed by atoms with Gasteiger partial charge >= 0.3 is 0 Å². The Morgan fingerprint density at radius 1 is 1.55 bits per heavy atom. The Labute approximate surface area is 68.1 Å². The Balaban J connectivity index is 3.03. The maximum Gasteiger partial charge on any atom is 0.0991 e. The molecule has 0 spiro atoms. The van der Waals surface area contributed by atoms with Crippen LogP contribution in [-0.4, -0.2) is 7.85 Å². The van der Waals surface area contributed by atoms with Crippen molar-refractivity contribution in [2.45, 2.75) is 12.7 Å². The first-order valence-electron chi connectivity index (χ1n) is 3.49. The summed E-state index contributed by atoms with van der Waals surface area (Å²) in [4.78, 5) is 0. The highest BCUT2D eigenvalue weighted by Gasteiger charge is 1.97. The smallest absolute Gasteiger partial charge is 0.0991 e. The van der Waals surface area contributed by atoms with Gasteiger partial charge in [0.1, 0.15) is 0 Å². The second-order valence-electron chi connectivity index (χ2n) is 2.53. The van der Waals surface area contributed by atoms with Gasteiger partial charge < -0.3 is 0 Å². The molecule has 0 bridgehead atoms. The van der Waals surface area contributed by atoms with Crippen molar-refractivity contribution >= 4 is 7.85 Å². The molecule has 2 heteroatoms. The normalized spacial score (nSPS) is 12.0. The van der Waals surface area contributed by atoms with Crippen molar-refractivity contribution in [2.75, 3.05) is 0 Å². The molecule has 1 atom stereocenters. The Bertz CT molecular complexity index is 286. The molecule has 0 aliphatic carbocycles. The second-order valence-corrected chi connectivity index (χ2v) is 2.53. The van der Waals surface area contributed by atoms with E-state index in [-0.39, 0.29) is 5.82 Å². The molecular formula is C9H8BN. The summed E-state index contributed by atoms with van der Waals surface area (Å²) in [6.07, 6.45) is 0. The molecule has 2 radical (unpaired) electrons. The number of hydrogen-bond acceptors (Lipinski definition) is 1. The third-order valence-corrected chi connectivity index (χ3v) is 1.54. The molecule has 0 heterocycles. The highest BCUT2D eigenvalue weighted by Crippen LogP contribution is 2.12. The fraction of sp³-hybridized carbons (Fsp3) is 0.222. The second kappa shape index (κ2) is 3.25. The highest BCUT2D eigenvalue weighted by molar-refractivity contribution is 6.12. The third-order valence-electron chi connectivity index (χ3n) is 1.54. The number of nitriles is 1. The largest absolute Gasteiger partial charge is 0.192 e. The number of benzene rings is 1. The van der Waals surface area contributed by atoms with Crippen LogP contribution in [0.4, 0.5) is 0 Å². The standard InChI is InChI=1S/C9H8BN/c1-7(10)9-4-2-3-8(5-9)6-11/h2-5,7H,1H3. The monoisotopic (exact) mass is 141 g/mol. The molecule has 52 valence electrons. The third kappa shape index (κ3) is 1.85. The van der Waals surface area contributed by atoms with E-state index in [0.29, 0.717) is 5.56 Å². The molecule has 0 saturated heterocycles. The van der Waals surface area contributed by atoms with Crippen LogP contribution < -0.4 is 0 Å². The Hall–Kier alpha value is -1.23. The summed E-state index contributed by atoms with van der Waals surface area (Å²) < 4.78 is 0. The van der Waals surface area contributed by atoms with Gasteiger partial charge in [-0.15, -0.1) is 0 Å². The van der Waals surface area contributed by atoms with Gasteiger partial charge in [-0.3, -0.25) is 0 Å². The van der Waals surface area contributed by atoms with Crippen LogP contribution in [0.1, 0.15) is 23.9 Å². The zero-order chi connectivity index (χ0) is 8.27. The SMILES string of the molecule is [B]C(C)c1cccc(C#N)c1. The number of hydrogen-bond donors (Lipinski definition) is 0. The van der Waals surface area contributed by atoms with Gasteiger partial charge in [0, 0.05) is 0 Å². The molecule has 0 fully saturated rings. The lowest BCUT2D eigenvalue weighted by atomic mass is 9.82. The van der Waals surface area contributed by atoms with E-state index in [0.717, 1.165) is 5.56 Å². The first-order valence-corrected chi connectivity index (χ1v) is 3.49. The van der Waals surface area contributed by atoms with Gasteiger partial charge in [0.05, 0.1) is 19.5 Å². The maximum absolute atomic E-state index is 8.55. The maximum atomic E-state index is 8.55. The van der Waals surface area contributed by atoms with Gasteiger partial charge in [-0.25, -0.2) is 0 Å². The van der Waals surface area contributed by atoms with Gasteiger partial charge in [0.2, 0.25) is 0 Å². The molecule has 0 aromatic heterocycles. The van der Waals surface area contributed by atoms with Gasteiger partial charge in [-0.1, -0.05) is 30.4 Å². The summed E-state index contributed by atoms with van der Waals surface area (Å²) in [5.74, 6) is 0.00306. The lowest BCUT2D eigenvalue weighted by Crippen LogP contribution is -1.91. The van der Waals surface area contributed by atoms with Gasteiger partial charge in [0.15, 0.2) is 0 Å². The van der Waals surface area contributed by atoms with E-state index < -0.39 is 0 Å². The van der Waals surface area contributed by atoms with Crippen molar-refractivity contribution in [2.24, 2.45) is 0 Å². The molecule has 0 saturated carbocycles. The molecule has 0 aliphatic rings. The Kier molecular flexibility index (Phi) is 2.33. The van der Waals surface area contributed by atoms with Crippen LogP contribution in [0.15, 0.2) is 24.3 Å². The summed E-state index contributed by atoms with van der Waals surface area (Å²) in [5, 5.41) is 8.55. The average Bonchev–Trinajstić information content (AvgIpc) is 2.05. The minimum absolute atomic E-state index is 0.00306. The zero-order valence-corrected chi connectivity index (χ0v) is 6.41. The highest BCUT2D eigenvalue weighted by atomic mass is 14.2. The van der Waals surface area contributed by atoms with Crippen LogP contribution in [0.5, 0.6) is 0 Å². The van der Waals surface area contributed by atoms with E-state index in [2.05, 4.69) is 6.07 Å². The number of rotatable bonds is 1. The van der Waals surface area contributed by atoms with Crippen molar-refractivity contribution in [3.8, 4) is 6.07 Å². The van der Waals surface area contributed by atoms with Crippen LogP contribution >= 0.6 is 0 Å². The van der Waals surface area contributed by atoms with Crippen molar-refractivity contribution in [3.63, 3.8) is 0 Å². The fourth-order valence-electron chi connectivity index (χ4n) is 0.891. The van der Waals surface area contributed by atoms with E-state index in [9.17, 15) is 0 Å². The van der Waals surface area contributed by atoms with E-state index in [1.807, 2.05) is 25.1 Å². The lowest BCUT2D eigenvalue weighted by molar-refractivity contribution is 1.08. The van der Waals surface area contributed by atoms with Gasteiger partial charge in [0.25, 0.3) is 0 Å². The average molecular weight is 141 g/mol. The van der Waals surface area contributed by atoms with Crippen molar-refractivity contribution in [1.29, 1.82) is 5.26 Å². The zero-order valence-electron chi connectivity index (χ0n) is 6.41. The molecule has 1 aromatic carbocycles. The molecule has 11 heavy (non-hydrogen) atoms. The minimum atomic E-state index is 0.00306.